The molecule has 2 aromatic carbocycles. The second-order valence-electron chi connectivity index (χ2n) is 8.18. The van der Waals surface area contributed by atoms with Crippen molar-refractivity contribution in [2.75, 3.05) is 6.26 Å². The summed E-state index contributed by atoms with van der Waals surface area (Å²) in [6.07, 6.45) is 12.8. The van der Waals surface area contributed by atoms with Gasteiger partial charge in [-0.25, -0.2) is 0 Å². The number of ether oxygens (including phenoxy) is 1. The minimum absolute atomic E-state index is 0.193. The second kappa shape index (κ2) is 11.0. The average Bonchev–Trinajstić information content (AvgIpc) is 2.75. The lowest BCUT2D eigenvalue weighted by atomic mass is 9.78. The van der Waals surface area contributed by atoms with Gasteiger partial charge in [0.1, 0.15) is 11.9 Å². The highest BCUT2D eigenvalue weighted by molar-refractivity contribution is 7.98. The molecular formula is C26H36OS. The zero-order valence-electron chi connectivity index (χ0n) is 17.8. The highest BCUT2D eigenvalue weighted by atomic mass is 32.2. The van der Waals surface area contributed by atoms with Gasteiger partial charge in [-0.15, -0.1) is 11.8 Å². The molecule has 0 saturated heterocycles. The molecule has 1 aliphatic rings. The van der Waals surface area contributed by atoms with Crippen molar-refractivity contribution in [3.63, 3.8) is 0 Å². The first kappa shape index (κ1) is 21.3. The first-order chi connectivity index (χ1) is 13.7. The van der Waals surface area contributed by atoms with Crippen LogP contribution in [0.2, 0.25) is 0 Å². The van der Waals surface area contributed by atoms with Crippen LogP contribution < -0.4 is 4.74 Å². The van der Waals surface area contributed by atoms with Crippen LogP contribution in [0.1, 0.15) is 76.0 Å². The number of unbranched alkanes of at least 4 members (excludes halogenated alkanes) is 1. The summed E-state index contributed by atoms with van der Waals surface area (Å²) in [7, 11) is 0. The molecule has 28 heavy (non-hydrogen) atoms. The first-order valence-corrected chi connectivity index (χ1v) is 12.4. The van der Waals surface area contributed by atoms with Gasteiger partial charge in [0.05, 0.1) is 0 Å². The van der Waals surface area contributed by atoms with Crippen LogP contribution in [0, 0.1) is 11.8 Å². The van der Waals surface area contributed by atoms with E-state index < -0.39 is 0 Å². The number of rotatable bonds is 10. The SMILES string of the molecule is CCC(CC)CCCCC1CCc2ccccc2C1Oc1ccc(SC)cc1. The molecule has 0 bridgehead atoms. The summed E-state index contributed by atoms with van der Waals surface area (Å²) >= 11 is 1.78. The van der Waals surface area contributed by atoms with Crippen LogP contribution in [-0.4, -0.2) is 6.26 Å². The Kier molecular flexibility index (Phi) is 8.33. The van der Waals surface area contributed by atoms with Crippen molar-refractivity contribution in [1.82, 2.24) is 0 Å². The van der Waals surface area contributed by atoms with Crippen molar-refractivity contribution < 1.29 is 4.74 Å². The maximum absolute atomic E-state index is 6.61. The Balaban J connectivity index is 1.67. The van der Waals surface area contributed by atoms with Crippen LogP contribution in [0.15, 0.2) is 53.4 Å². The number of thioether (sulfide) groups is 1. The highest BCUT2D eigenvalue weighted by Gasteiger charge is 2.30. The van der Waals surface area contributed by atoms with Crippen molar-refractivity contribution in [1.29, 1.82) is 0 Å². The fourth-order valence-electron chi connectivity index (χ4n) is 4.58. The van der Waals surface area contributed by atoms with E-state index in [9.17, 15) is 0 Å². The molecule has 1 aliphatic carbocycles. The minimum atomic E-state index is 0.193. The predicted molar refractivity (Wildman–Crippen MR) is 122 cm³/mol. The third-order valence-electron chi connectivity index (χ3n) is 6.49. The maximum atomic E-state index is 6.61. The van der Waals surface area contributed by atoms with Gasteiger partial charge in [0.15, 0.2) is 0 Å². The second-order valence-corrected chi connectivity index (χ2v) is 9.06. The third kappa shape index (κ3) is 5.56. The van der Waals surface area contributed by atoms with Crippen LogP contribution in [0.3, 0.4) is 0 Å². The van der Waals surface area contributed by atoms with Crippen LogP contribution >= 0.6 is 11.8 Å². The Morgan fingerprint density at radius 3 is 2.46 bits per heavy atom. The number of fused-ring (bicyclic) bond motifs is 1. The summed E-state index contributed by atoms with van der Waals surface area (Å²) in [6.45, 7) is 4.66. The summed E-state index contributed by atoms with van der Waals surface area (Å²) in [5.41, 5.74) is 2.88. The van der Waals surface area contributed by atoms with Gasteiger partial charge in [-0.3, -0.25) is 0 Å². The van der Waals surface area contributed by atoms with E-state index in [0.717, 1.165) is 11.7 Å². The molecule has 2 unspecified atom stereocenters. The van der Waals surface area contributed by atoms with Crippen molar-refractivity contribution in [2.24, 2.45) is 11.8 Å². The van der Waals surface area contributed by atoms with Gasteiger partial charge in [-0.1, -0.05) is 70.2 Å². The molecule has 0 aromatic heterocycles. The average molecular weight is 397 g/mol. The van der Waals surface area contributed by atoms with Gasteiger partial charge < -0.3 is 4.74 Å². The fraction of sp³-hybridized carbons (Fsp3) is 0.538. The van der Waals surface area contributed by atoms with Crippen molar-refractivity contribution in [2.45, 2.75) is 76.2 Å². The normalized spacial score (nSPS) is 18.9. The molecule has 2 heteroatoms. The molecule has 0 amide bonds. The molecule has 0 radical (unpaired) electrons. The van der Waals surface area contributed by atoms with Gasteiger partial charge in [0.25, 0.3) is 0 Å². The Bertz CT molecular complexity index is 705. The fourth-order valence-corrected chi connectivity index (χ4v) is 4.99. The van der Waals surface area contributed by atoms with Crippen molar-refractivity contribution in [3.8, 4) is 5.75 Å². The van der Waals surface area contributed by atoms with Gasteiger partial charge >= 0.3 is 0 Å². The third-order valence-corrected chi connectivity index (χ3v) is 7.23. The van der Waals surface area contributed by atoms with Gasteiger partial charge in [0.2, 0.25) is 0 Å². The van der Waals surface area contributed by atoms with E-state index in [4.69, 9.17) is 4.74 Å². The topological polar surface area (TPSA) is 9.23 Å². The summed E-state index contributed by atoms with van der Waals surface area (Å²) in [4.78, 5) is 1.29. The molecule has 0 fully saturated rings. The Morgan fingerprint density at radius 1 is 1.00 bits per heavy atom. The monoisotopic (exact) mass is 396 g/mol. The number of benzene rings is 2. The molecule has 0 heterocycles. The van der Waals surface area contributed by atoms with E-state index in [1.807, 2.05) is 0 Å². The number of aryl methyl sites for hydroxylation is 1. The van der Waals surface area contributed by atoms with E-state index in [2.05, 4.69) is 68.6 Å². The van der Waals surface area contributed by atoms with E-state index in [0.29, 0.717) is 5.92 Å². The lowest BCUT2D eigenvalue weighted by molar-refractivity contribution is 0.110. The summed E-state index contributed by atoms with van der Waals surface area (Å²) in [6, 6.07) is 17.5. The molecule has 0 spiro atoms. The molecule has 0 saturated carbocycles. The van der Waals surface area contributed by atoms with E-state index in [1.54, 1.807) is 11.8 Å². The smallest absolute Gasteiger partial charge is 0.127 e. The van der Waals surface area contributed by atoms with Crippen LogP contribution in [0.5, 0.6) is 5.75 Å². The summed E-state index contributed by atoms with van der Waals surface area (Å²) in [5, 5.41) is 0. The van der Waals surface area contributed by atoms with Gasteiger partial charge in [-0.05, 0) is 66.8 Å². The zero-order chi connectivity index (χ0) is 19.8. The first-order valence-electron chi connectivity index (χ1n) is 11.1. The lowest BCUT2D eigenvalue weighted by Crippen LogP contribution is -2.25. The quantitative estimate of drug-likeness (QED) is 0.296. The minimum Gasteiger partial charge on any atom is -0.485 e. The maximum Gasteiger partial charge on any atom is 0.127 e. The zero-order valence-corrected chi connectivity index (χ0v) is 18.6. The van der Waals surface area contributed by atoms with Gasteiger partial charge in [0, 0.05) is 10.8 Å². The highest BCUT2D eigenvalue weighted by Crippen LogP contribution is 2.40. The van der Waals surface area contributed by atoms with E-state index in [1.165, 1.54) is 67.4 Å². The Hall–Kier alpha value is -1.41. The molecule has 0 N–H and O–H groups in total. The predicted octanol–water partition coefficient (Wildman–Crippen LogP) is 8.09. The van der Waals surface area contributed by atoms with Crippen LogP contribution in [0.4, 0.5) is 0 Å². The van der Waals surface area contributed by atoms with Crippen molar-refractivity contribution >= 4 is 11.8 Å². The lowest BCUT2D eigenvalue weighted by Gasteiger charge is -2.34. The molecule has 2 atom stereocenters. The van der Waals surface area contributed by atoms with Gasteiger partial charge in [-0.2, -0.15) is 0 Å². The molecule has 152 valence electrons. The number of hydrogen-bond acceptors (Lipinski definition) is 2. The van der Waals surface area contributed by atoms with Crippen LogP contribution in [-0.2, 0) is 6.42 Å². The molecule has 1 nitrogen and oxygen atoms in total. The Labute approximate surface area is 176 Å². The van der Waals surface area contributed by atoms with E-state index in [-0.39, 0.29) is 6.10 Å². The summed E-state index contributed by atoms with van der Waals surface area (Å²) in [5.74, 6) is 2.53. The van der Waals surface area contributed by atoms with E-state index >= 15 is 0 Å². The Morgan fingerprint density at radius 2 is 1.75 bits per heavy atom. The van der Waals surface area contributed by atoms with Crippen molar-refractivity contribution in [3.05, 3.63) is 59.7 Å². The summed E-state index contributed by atoms with van der Waals surface area (Å²) < 4.78 is 6.61. The molecule has 2 aromatic rings. The van der Waals surface area contributed by atoms with Crippen LogP contribution in [0.25, 0.3) is 0 Å². The largest absolute Gasteiger partial charge is 0.485 e. The molecule has 3 rings (SSSR count). The standard InChI is InChI=1S/C26H36OS/c1-4-20(5-2)10-6-7-12-22-15-14-21-11-8-9-13-25(21)26(22)27-23-16-18-24(28-3)19-17-23/h8-9,11,13,16-20,22,26H,4-7,10,12,14-15H2,1-3H3. The molecule has 0 aliphatic heterocycles. The molecular weight excluding hydrogens is 360 g/mol. The number of hydrogen-bond donors (Lipinski definition) is 0.